The molecule has 5 nitrogen and oxygen atoms in total. The highest BCUT2D eigenvalue weighted by molar-refractivity contribution is 5.48. The minimum Gasteiger partial charge on any atom is -0.384 e. The van der Waals surface area contributed by atoms with Gasteiger partial charge in [-0.25, -0.2) is 9.97 Å². The van der Waals surface area contributed by atoms with Crippen LogP contribution in [0.15, 0.2) is 12.4 Å². The summed E-state index contributed by atoms with van der Waals surface area (Å²) in [7, 11) is 0. The highest BCUT2D eigenvalue weighted by Gasteiger charge is 2.39. The molecule has 0 spiro atoms. The van der Waals surface area contributed by atoms with E-state index in [4.69, 9.17) is 10.5 Å². The van der Waals surface area contributed by atoms with Gasteiger partial charge in [0.1, 0.15) is 18.0 Å². The average Bonchev–Trinajstić information content (AvgIpc) is 2.78. The third-order valence-electron chi connectivity index (χ3n) is 2.87. The molecule has 2 saturated heterocycles. The zero-order chi connectivity index (χ0) is 9.54. The van der Waals surface area contributed by atoms with Crippen LogP contribution in [0.2, 0.25) is 0 Å². The molecule has 0 aromatic carbocycles. The summed E-state index contributed by atoms with van der Waals surface area (Å²) in [5.74, 6) is 1.45. The molecule has 0 aliphatic carbocycles. The molecule has 3 rings (SSSR count). The van der Waals surface area contributed by atoms with Crippen molar-refractivity contribution < 1.29 is 4.74 Å². The number of hydrogen-bond donors (Lipinski definition) is 1. The standard InChI is InChI=1S/C9H12N4O/c10-8-2-9(12-5-11-8)13-3-7-1-6(13)4-14-7/h2,5-7H,1,3-4H2,(H2,10,11,12). The van der Waals surface area contributed by atoms with Crippen LogP contribution < -0.4 is 10.6 Å². The van der Waals surface area contributed by atoms with E-state index in [1.165, 1.54) is 6.33 Å². The summed E-state index contributed by atoms with van der Waals surface area (Å²) >= 11 is 0. The van der Waals surface area contributed by atoms with Gasteiger partial charge in [-0.1, -0.05) is 0 Å². The largest absolute Gasteiger partial charge is 0.384 e. The van der Waals surface area contributed by atoms with E-state index >= 15 is 0 Å². The molecule has 0 saturated carbocycles. The average molecular weight is 192 g/mol. The molecule has 5 heteroatoms. The Balaban J connectivity index is 1.89. The van der Waals surface area contributed by atoms with Crippen LogP contribution in [0.4, 0.5) is 11.6 Å². The first-order valence-corrected chi connectivity index (χ1v) is 4.79. The van der Waals surface area contributed by atoms with E-state index in [1.807, 2.05) is 6.07 Å². The fraction of sp³-hybridized carbons (Fsp3) is 0.556. The molecule has 2 unspecified atom stereocenters. The lowest BCUT2D eigenvalue weighted by Crippen LogP contribution is -2.37. The zero-order valence-corrected chi connectivity index (χ0v) is 7.76. The second-order valence-electron chi connectivity index (χ2n) is 3.80. The van der Waals surface area contributed by atoms with Crippen molar-refractivity contribution in [1.29, 1.82) is 0 Å². The molecule has 1 aromatic rings. The minimum atomic E-state index is 0.385. The third-order valence-corrected chi connectivity index (χ3v) is 2.87. The molecule has 2 bridgehead atoms. The molecular formula is C9H12N4O. The van der Waals surface area contributed by atoms with Gasteiger partial charge >= 0.3 is 0 Å². The first kappa shape index (κ1) is 7.99. The van der Waals surface area contributed by atoms with Gasteiger partial charge in [-0.05, 0) is 6.42 Å². The number of nitrogens with zero attached hydrogens (tertiary/aromatic N) is 3. The van der Waals surface area contributed by atoms with Gasteiger partial charge in [-0.15, -0.1) is 0 Å². The van der Waals surface area contributed by atoms with Gasteiger partial charge in [-0.3, -0.25) is 0 Å². The highest BCUT2D eigenvalue weighted by atomic mass is 16.5. The summed E-state index contributed by atoms with van der Waals surface area (Å²) in [6, 6.07) is 2.30. The predicted octanol–water partition coefficient (Wildman–Crippen LogP) is 0.0363. The van der Waals surface area contributed by atoms with Crippen molar-refractivity contribution >= 4 is 11.6 Å². The van der Waals surface area contributed by atoms with Crippen molar-refractivity contribution in [1.82, 2.24) is 9.97 Å². The van der Waals surface area contributed by atoms with Crippen molar-refractivity contribution in [2.75, 3.05) is 23.8 Å². The van der Waals surface area contributed by atoms with E-state index in [0.29, 0.717) is 18.0 Å². The first-order chi connectivity index (χ1) is 6.83. The Hall–Kier alpha value is -1.36. The Labute approximate surface area is 81.9 Å². The molecule has 1 aromatic heterocycles. The summed E-state index contributed by atoms with van der Waals surface area (Å²) in [4.78, 5) is 10.4. The van der Waals surface area contributed by atoms with Crippen molar-refractivity contribution in [2.45, 2.75) is 18.6 Å². The van der Waals surface area contributed by atoms with Crippen LogP contribution in [0.5, 0.6) is 0 Å². The van der Waals surface area contributed by atoms with Gasteiger partial charge in [0.05, 0.1) is 18.8 Å². The summed E-state index contributed by atoms with van der Waals surface area (Å²) in [5, 5.41) is 0. The van der Waals surface area contributed by atoms with Crippen LogP contribution in [-0.4, -0.2) is 35.3 Å². The second kappa shape index (κ2) is 2.81. The molecule has 14 heavy (non-hydrogen) atoms. The molecule has 0 radical (unpaired) electrons. The second-order valence-corrected chi connectivity index (χ2v) is 3.80. The fourth-order valence-electron chi connectivity index (χ4n) is 2.20. The van der Waals surface area contributed by atoms with E-state index in [1.54, 1.807) is 0 Å². The predicted molar refractivity (Wildman–Crippen MR) is 51.9 cm³/mol. The molecule has 2 N–H and O–H groups in total. The maximum absolute atomic E-state index is 5.62. The van der Waals surface area contributed by atoms with E-state index in [-0.39, 0.29) is 0 Å². The summed E-state index contributed by atoms with van der Waals surface area (Å²) < 4.78 is 5.52. The number of aromatic nitrogens is 2. The minimum absolute atomic E-state index is 0.385. The van der Waals surface area contributed by atoms with E-state index in [2.05, 4.69) is 14.9 Å². The van der Waals surface area contributed by atoms with Crippen molar-refractivity contribution in [3.05, 3.63) is 12.4 Å². The van der Waals surface area contributed by atoms with E-state index < -0.39 is 0 Å². The third kappa shape index (κ3) is 1.13. The summed E-state index contributed by atoms with van der Waals surface area (Å²) in [6.45, 7) is 1.75. The van der Waals surface area contributed by atoms with Gasteiger partial charge in [-0.2, -0.15) is 0 Å². The topological polar surface area (TPSA) is 64.3 Å². The van der Waals surface area contributed by atoms with Gasteiger partial charge in [0.2, 0.25) is 0 Å². The summed E-state index contributed by atoms with van der Waals surface area (Å²) in [5.41, 5.74) is 5.62. The fourth-order valence-corrected chi connectivity index (χ4v) is 2.20. The maximum Gasteiger partial charge on any atom is 0.134 e. The molecule has 0 amide bonds. The Morgan fingerprint density at radius 3 is 3.07 bits per heavy atom. The normalized spacial score (nSPS) is 29.9. The number of hydrogen-bond acceptors (Lipinski definition) is 5. The van der Waals surface area contributed by atoms with Crippen LogP contribution in [0.1, 0.15) is 6.42 Å². The molecule has 3 heterocycles. The van der Waals surface area contributed by atoms with Crippen molar-refractivity contribution in [3.63, 3.8) is 0 Å². The first-order valence-electron chi connectivity index (χ1n) is 4.79. The van der Waals surface area contributed by atoms with Crippen LogP contribution >= 0.6 is 0 Å². The Morgan fingerprint density at radius 2 is 2.43 bits per heavy atom. The van der Waals surface area contributed by atoms with Crippen molar-refractivity contribution in [3.8, 4) is 0 Å². The monoisotopic (exact) mass is 192 g/mol. The molecule has 2 fully saturated rings. The molecule has 74 valence electrons. The zero-order valence-electron chi connectivity index (χ0n) is 7.76. The van der Waals surface area contributed by atoms with Crippen molar-refractivity contribution in [2.24, 2.45) is 0 Å². The van der Waals surface area contributed by atoms with Crippen LogP contribution in [0, 0.1) is 0 Å². The molecular weight excluding hydrogens is 180 g/mol. The number of morpholine rings is 1. The molecule has 2 aliphatic heterocycles. The highest BCUT2D eigenvalue weighted by Crippen LogP contribution is 2.31. The number of nitrogen functional groups attached to an aromatic ring is 1. The molecule has 2 atom stereocenters. The van der Waals surface area contributed by atoms with E-state index in [9.17, 15) is 0 Å². The number of anilines is 2. The lowest BCUT2D eigenvalue weighted by Gasteiger charge is -2.27. The smallest absolute Gasteiger partial charge is 0.134 e. The number of ether oxygens (including phenoxy) is 1. The quantitative estimate of drug-likeness (QED) is 0.680. The van der Waals surface area contributed by atoms with Crippen LogP contribution in [-0.2, 0) is 4.74 Å². The van der Waals surface area contributed by atoms with Gasteiger partial charge in [0.25, 0.3) is 0 Å². The van der Waals surface area contributed by atoms with E-state index in [0.717, 1.165) is 25.4 Å². The maximum atomic E-state index is 5.62. The Kier molecular flexibility index (Phi) is 1.61. The van der Waals surface area contributed by atoms with Gasteiger partial charge in [0.15, 0.2) is 0 Å². The van der Waals surface area contributed by atoms with Crippen LogP contribution in [0.25, 0.3) is 0 Å². The lowest BCUT2D eigenvalue weighted by atomic mass is 10.2. The Morgan fingerprint density at radius 1 is 1.50 bits per heavy atom. The number of fused-ring (bicyclic) bond motifs is 2. The van der Waals surface area contributed by atoms with Crippen LogP contribution in [0.3, 0.4) is 0 Å². The summed E-state index contributed by atoms with van der Waals surface area (Å²) in [6.07, 6.45) is 3.01. The SMILES string of the molecule is Nc1cc(N2CC3CC2CO3)ncn1. The lowest BCUT2D eigenvalue weighted by molar-refractivity contribution is 0.0989. The molecule has 2 aliphatic rings. The number of nitrogens with two attached hydrogens (primary N) is 1. The number of rotatable bonds is 1. The van der Waals surface area contributed by atoms with Gasteiger partial charge < -0.3 is 15.4 Å². The van der Waals surface area contributed by atoms with Gasteiger partial charge in [0, 0.05) is 12.6 Å². The Bertz CT molecular complexity index is 356.